The monoisotopic (exact) mass is 400 g/mol. The number of primary sulfonamides is 1. The molecule has 136 valence electrons. The molecular formula is C17H12N4O4S2. The van der Waals surface area contributed by atoms with E-state index in [-0.39, 0.29) is 16.3 Å². The third-order valence-electron chi connectivity index (χ3n) is 3.86. The Morgan fingerprint density at radius 2 is 1.89 bits per heavy atom. The van der Waals surface area contributed by atoms with Crippen molar-refractivity contribution in [1.82, 2.24) is 4.98 Å². The van der Waals surface area contributed by atoms with E-state index in [1.807, 2.05) is 0 Å². The van der Waals surface area contributed by atoms with Crippen LogP contribution in [0.4, 0.5) is 10.8 Å². The molecule has 0 aliphatic carbocycles. The lowest BCUT2D eigenvalue weighted by atomic mass is 10.1. The largest absolute Gasteiger partial charge is 0.492 e. The number of amides is 1. The smallest absolute Gasteiger partial charge is 0.279 e. The number of anilines is 2. The summed E-state index contributed by atoms with van der Waals surface area (Å²) in [5, 5.41) is 19.7. The molecule has 0 unspecified atom stereocenters. The van der Waals surface area contributed by atoms with Crippen molar-refractivity contribution in [3.8, 4) is 5.88 Å². The molecule has 0 spiro atoms. The lowest BCUT2D eigenvalue weighted by molar-refractivity contribution is -0.112. The molecule has 0 saturated carbocycles. The molecule has 0 bridgehead atoms. The summed E-state index contributed by atoms with van der Waals surface area (Å²) < 4.78 is 22.9. The number of nitrogens with one attached hydrogen (secondary N) is 1. The van der Waals surface area contributed by atoms with Crippen molar-refractivity contribution in [2.24, 2.45) is 10.1 Å². The van der Waals surface area contributed by atoms with E-state index in [0.717, 1.165) is 11.3 Å². The van der Waals surface area contributed by atoms with E-state index in [1.165, 1.54) is 18.2 Å². The zero-order valence-electron chi connectivity index (χ0n) is 13.6. The number of nitrogens with two attached hydrogens (primary N) is 1. The van der Waals surface area contributed by atoms with E-state index in [0.29, 0.717) is 26.3 Å². The fourth-order valence-corrected chi connectivity index (χ4v) is 4.18. The molecule has 4 N–H and O–H groups in total. The summed E-state index contributed by atoms with van der Waals surface area (Å²) in [7, 11) is -3.84. The first kappa shape index (κ1) is 17.3. The number of aromatic nitrogens is 1. The van der Waals surface area contributed by atoms with Crippen molar-refractivity contribution in [3.05, 3.63) is 64.0 Å². The second-order valence-electron chi connectivity index (χ2n) is 5.68. The van der Waals surface area contributed by atoms with Gasteiger partial charge in [0.05, 0.1) is 15.8 Å². The normalized spacial score (nSPS) is 13.4. The highest BCUT2D eigenvalue weighted by Gasteiger charge is 2.24. The van der Waals surface area contributed by atoms with Gasteiger partial charge in [-0.15, -0.1) is 0 Å². The molecule has 8 nitrogen and oxygen atoms in total. The predicted octanol–water partition coefficient (Wildman–Crippen LogP) is 0.598. The summed E-state index contributed by atoms with van der Waals surface area (Å²) in [4.78, 5) is 20.5. The second-order valence-corrected chi connectivity index (χ2v) is 8.24. The van der Waals surface area contributed by atoms with Crippen LogP contribution in [0.2, 0.25) is 0 Å². The summed E-state index contributed by atoms with van der Waals surface area (Å²) in [6, 6.07) is 12.9. The highest BCUT2D eigenvalue weighted by Crippen LogP contribution is 2.35. The molecule has 0 radical (unpaired) electrons. The minimum absolute atomic E-state index is 0.0541. The summed E-state index contributed by atoms with van der Waals surface area (Å²) >= 11 is 1.06. The number of para-hydroxylation sites is 1. The minimum Gasteiger partial charge on any atom is -0.492 e. The number of carbonyl (C=O) groups is 1. The van der Waals surface area contributed by atoms with Gasteiger partial charge < -0.3 is 10.4 Å². The van der Waals surface area contributed by atoms with Gasteiger partial charge in [-0.2, -0.15) is 4.98 Å². The lowest BCUT2D eigenvalue weighted by Gasteiger charge is -2.04. The number of fused-ring (bicyclic) bond motifs is 1. The maximum absolute atomic E-state index is 12.3. The average molecular weight is 400 g/mol. The number of thiazole rings is 1. The molecule has 1 aliphatic heterocycles. The van der Waals surface area contributed by atoms with Crippen LogP contribution < -0.4 is 21.0 Å². The van der Waals surface area contributed by atoms with Gasteiger partial charge in [0.2, 0.25) is 15.9 Å². The van der Waals surface area contributed by atoms with Gasteiger partial charge in [0.15, 0.2) is 5.13 Å². The van der Waals surface area contributed by atoms with Crippen LogP contribution >= 0.6 is 11.3 Å². The molecule has 1 amide bonds. The Morgan fingerprint density at radius 3 is 2.67 bits per heavy atom. The van der Waals surface area contributed by atoms with Crippen LogP contribution in [0.25, 0.3) is 5.57 Å². The molecular weight excluding hydrogens is 388 g/mol. The molecule has 27 heavy (non-hydrogen) atoms. The minimum atomic E-state index is -3.84. The van der Waals surface area contributed by atoms with Gasteiger partial charge >= 0.3 is 0 Å². The van der Waals surface area contributed by atoms with Crippen LogP contribution in [-0.2, 0) is 14.8 Å². The molecule has 2 heterocycles. The van der Waals surface area contributed by atoms with Crippen molar-refractivity contribution in [2.45, 2.75) is 4.90 Å². The number of aromatic hydroxyl groups is 1. The average Bonchev–Trinajstić information content (AvgIpc) is 3.12. The van der Waals surface area contributed by atoms with Gasteiger partial charge in [-0.3, -0.25) is 4.79 Å². The standard InChI is InChI=1S/C17H12N4O4S2/c18-27(24,25)10-5-3-4-9(8-10)19-17-21-16(23)14(26-17)13-11-6-1-2-7-12(11)20-15(13)22/h1-8,23H,(H,19,21)(H2,18,24,25). The number of hydrogen-bond donors (Lipinski definition) is 3. The Bertz CT molecular complexity index is 1310. The molecule has 0 atom stereocenters. The Morgan fingerprint density at radius 1 is 1.11 bits per heavy atom. The second kappa shape index (κ2) is 6.27. The third kappa shape index (κ3) is 3.21. The van der Waals surface area contributed by atoms with Crippen LogP contribution in [-0.4, -0.2) is 24.4 Å². The predicted molar refractivity (Wildman–Crippen MR) is 99.6 cm³/mol. The zero-order valence-corrected chi connectivity index (χ0v) is 15.2. The fourth-order valence-electron chi connectivity index (χ4n) is 2.69. The first-order valence-electron chi connectivity index (χ1n) is 7.65. The summed E-state index contributed by atoms with van der Waals surface area (Å²) in [6.07, 6.45) is 0. The first-order valence-corrected chi connectivity index (χ1v) is 10.0. The van der Waals surface area contributed by atoms with Crippen molar-refractivity contribution >= 4 is 43.7 Å². The molecule has 0 saturated heterocycles. The molecule has 0 fully saturated rings. The first-order chi connectivity index (χ1) is 12.8. The van der Waals surface area contributed by atoms with Gasteiger partial charge in [-0.25, -0.2) is 18.5 Å². The zero-order chi connectivity index (χ0) is 19.2. The van der Waals surface area contributed by atoms with Crippen molar-refractivity contribution in [1.29, 1.82) is 0 Å². The van der Waals surface area contributed by atoms with Gasteiger partial charge in [0, 0.05) is 10.9 Å². The molecule has 10 heteroatoms. The molecule has 1 aromatic heterocycles. The van der Waals surface area contributed by atoms with Gasteiger partial charge in [-0.05, 0) is 24.3 Å². The third-order valence-corrected chi connectivity index (χ3v) is 5.75. The Balaban J connectivity index is 1.74. The van der Waals surface area contributed by atoms with E-state index in [2.05, 4.69) is 15.3 Å². The number of carbonyl (C=O) groups excluding carboxylic acids is 1. The number of rotatable bonds is 4. The number of hydrogen-bond acceptors (Lipinski definition) is 7. The quantitative estimate of drug-likeness (QED) is 0.587. The summed E-state index contributed by atoms with van der Waals surface area (Å²) in [6.45, 7) is 0. The highest BCUT2D eigenvalue weighted by molar-refractivity contribution is 7.89. The van der Waals surface area contributed by atoms with E-state index in [9.17, 15) is 18.3 Å². The van der Waals surface area contributed by atoms with E-state index < -0.39 is 15.9 Å². The number of sulfonamides is 1. The maximum atomic E-state index is 12.3. The van der Waals surface area contributed by atoms with Crippen LogP contribution in [0.3, 0.4) is 0 Å². The van der Waals surface area contributed by atoms with Crippen molar-refractivity contribution in [3.63, 3.8) is 0 Å². The SMILES string of the molecule is NS(=O)(=O)c1cccc(Nc2nc(O)c(C3=c4ccccc4=NC3=O)s2)c1. The Labute approximate surface area is 157 Å². The lowest BCUT2D eigenvalue weighted by Crippen LogP contribution is -2.22. The molecule has 3 aromatic rings. The molecule has 4 rings (SSSR count). The Hall–Kier alpha value is -3.08. The Kier molecular flexibility index (Phi) is 4.02. The topological polar surface area (TPSA) is 135 Å². The number of nitrogens with zero attached hydrogens (tertiary/aromatic N) is 2. The van der Waals surface area contributed by atoms with Gasteiger partial charge in [0.1, 0.15) is 4.88 Å². The van der Waals surface area contributed by atoms with Gasteiger partial charge in [-0.1, -0.05) is 35.6 Å². The summed E-state index contributed by atoms with van der Waals surface area (Å²) in [5.74, 6) is -0.752. The van der Waals surface area contributed by atoms with E-state index in [1.54, 1.807) is 30.3 Å². The van der Waals surface area contributed by atoms with Crippen LogP contribution in [0.1, 0.15) is 4.88 Å². The highest BCUT2D eigenvalue weighted by atomic mass is 32.2. The van der Waals surface area contributed by atoms with Gasteiger partial charge in [0.25, 0.3) is 5.91 Å². The maximum Gasteiger partial charge on any atom is 0.279 e. The van der Waals surface area contributed by atoms with Crippen LogP contribution in [0.15, 0.2) is 58.4 Å². The van der Waals surface area contributed by atoms with Crippen molar-refractivity contribution < 1.29 is 18.3 Å². The molecule has 1 aliphatic rings. The van der Waals surface area contributed by atoms with Crippen LogP contribution in [0.5, 0.6) is 5.88 Å². The van der Waals surface area contributed by atoms with E-state index >= 15 is 0 Å². The number of benzene rings is 2. The summed E-state index contributed by atoms with van der Waals surface area (Å²) in [5.41, 5.74) is 0.710. The van der Waals surface area contributed by atoms with Crippen molar-refractivity contribution in [2.75, 3.05) is 5.32 Å². The fraction of sp³-hybridized carbons (Fsp3) is 0. The van der Waals surface area contributed by atoms with E-state index in [4.69, 9.17) is 5.14 Å². The van der Waals surface area contributed by atoms with Crippen LogP contribution in [0, 0.1) is 0 Å². The molecule has 2 aromatic carbocycles.